The number of aromatic hydroxyl groups is 4. The first-order valence-corrected chi connectivity index (χ1v) is 33.7. The molecule has 0 aliphatic heterocycles. The van der Waals surface area contributed by atoms with Crippen LogP contribution in [-0.2, 0) is 58.3 Å². The Morgan fingerprint density at radius 2 is 0.619 bits per heavy atom. The number of phenolic OH excluding ortho intramolecular Hbond substituents is 2. The van der Waals surface area contributed by atoms with Crippen LogP contribution in [0, 0.1) is 44.7 Å². The molecule has 10 aromatic carbocycles. The zero-order valence-electron chi connectivity index (χ0n) is 63.4. The van der Waals surface area contributed by atoms with Crippen LogP contribution in [0.2, 0.25) is 0 Å². The monoisotopic (exact) mass is 1480 g/mol. The average Bonchev–Trinajstić information content (AvgIpc) is 0.738. The summed E-state index contributed by atoms with van der Waals surface area (Å²) in [7, 11) is 0. The summed E-state index contributed by atoms with van der Waals surface area (Å²) in [4.78, 5) is 0. The first-order chi connectivity index (χ1) is 43.0. The van der Waals surface area contributed by atoms with Gasteiger partial charge < -0.3 is 42.0 Å². The number of ether oxygens (including phenoxy) is 2. The maximum Gasteiger partial charge on any atom is 0.262 e. The zero-order valence-corrected chi connectivity index (χ0v) is 67.0. The van der Waals surface area contributed by atoms with Crippen molar-refractivity contribution in [1.29, 1.82) is 0 Å². The van der Waals surface area contributed by atoms with Crippen molar-refractivity contribution in [2.24, 2.45) is 10.8 Å². The molecule has 0 unspecified atom stereocenters. The van der Waals surface area contributed by atoms with Gasteiger partial charge in [-0.3, -0.25) is 0 Å². The average molecular weight is 1480 g/mol. The molecule has 10 aromatic rings. The molecule has 0 spiro atoms. The quantitative estimate of drug-likeness (QED) is 0.0375. The molecule has 0 aliphatic rings. The molecule has 0 atom stereocenters. The van der Waals surface area contributed by atoms with Crippen LogP contribution in [-0.4, -0.2) is 32.9 Å². The van der Waals surface area contributed by atoms with E-state index < -0.39 is 11.6 Å². The second-order valence-electron chi connectivity index (χ2n) is 34.8. The summed E-state index contributed by atoms with van der Waals surface area (Å²) in [5, 5.41) is 34.9. The summed E-state index contributed by atoms with van der Waals surface area (Å²) < 4.78 is 42.5. The fraction of sp³-hybridized carbons (Fsp3) is 0.389. The number of hydrogen-bond acceptors (Lipinski definition) is 2. The molecule has 0 saturated heterocycles. The molecular weight excluding hydrogens is 1360 g/mol. The van der Waals surface area contributed by atoms with Crippen molar-refractivity contribution in [2.45, 2.75) is 204 Å². The predicted molar refractivity (Wildman–Crippen MR) is 414 cm³/mol. The van der Waals surface area contributed by atoms with Gasteiger partial charge in [0.2, 0.25) is 0 Å². The van der Waals surface area contributed by atoms with Gasteiger partial charge in [-0.2, -0.15) is 0 Å². The van der Waals surface area contributed by atoms with Crippen LogP contribution in [0.4, 0.5) is 8.78 Å². The van der Waals surface area contributed by atoms with Crippen molar-refractivity contribution < 1.29 is 54.3 Å². The van der Waals surface area contributed by atoms with E-state index in [1.54, 1.807) is 12.1 Å². The molecule has 10 rings (SSSR count). The molecule has 0 heterocycles. The predicted octanol–water partition coefficient (Wildman–Crippen LogP) is 26.2. The minimum absolute atomic E-state index is 0. The van der Waals surface area contributed by atoms with Gasteiger partial charge in [-0.1, -0.05) is 213 Å². The minimum Gasteiger partial charge on any atom is -0.582 e. The molecule has 4 nitrogen and oxygen atoms in total. The number of phenols is 2. The van der Waals surface area contributed by atoms with Crippen molar-refractivity contribution in [1.82, 2.24) is 0 Å². The largest absolute Gasteiger partial charge is 0.582 e. The van der Waals surface area contributed by atoms with E-state index in [-0.39, 0.29) is 103 Å². The normalized spacial score (nSPS) is 12.7. The Morgan fingerprint density at radius 1 is 0.309 bits per heavy atom. The topological polar surface area (TPSA) is 66.1 Å². The molecule has 0 amide bonds. The third-order valence-electron chi connectivity index (χ3n) is 19.0. The molecule has 0 aliphatic carbocycles. The van der Waals surface area contributed by atoms with E-state index in [4.69, 9.17) is 9.47 Å². The van der Waals surface area contributed by atoms with E-state index in [1.807, 2.05) is 0 Å². The van der Waals surface area contributed by atoms with Crippen LogP contribution in [0.5, 0.6) is 23.0 Å². The van der Waals surface area contributed by atoms with Gasteiger partial charge in [-0.25, -0.2) is 8.78 Å². The SMILES string of the molecule is CC(C)(C)CC(C)(C)c1cc(-c2cc(F)ccc2[OH+]CCC[OH+]c2ccc(F)cc2-c2cc(C(C)(C)CC(C)(C)C)cc(-c3c4ccc(C(C)(C)C)cc4cc4ccc(C(C)(C)C)cc34)c2O)c(O)c(-c2c3ccc(C(C)(C)C)cc3cc3ccc(C(C)(C)C)cc23)c1.[CH3-].[CH3-].[CH3-].[Hf]. The Morgan fingerprint density at radius 3 is 0.938 bits per heavy atom. The number of benzene rings is 10. The third kappa shape index (κ3) is 17.1. The summed E-state index contributed by atoms with van der Waals surface area (Å²) >= 11 is 0. The summed E-state index contributed by atoms with van der Waals surface area (Å²) in [6.07, 6.45) is 2.20. The maximum absolute atomic E-state index is 16.1. The number of hydrogen-bond donors (Lipinski definition) is 2. The fourth-order valence-corrected chi connectivity index (χ4v) is 14.6. The Bertz CT molecular complexity index is 4230. The van der Waals surface area contributed by atoms with Gasteiger partial charge >= 0.3 is 0 Å². The van der Waals surface area contributed by atoms with Crippen LogP contribution in [0.25, 0.3) is 87.6 Å². The van der Waals surface area contributed by atoms with Gasteiger partial charge in [0, 0.05) is 71.4 Å². The molecule has 4 N–H and O–H groups in total. The number of rotatable bonds is 14. The smallest absolute Gasteiger partial charge is 0.262 e. The second kappa shape index (κ2) is 28.4. The van der Waals surface area contributed by atoms with E-state index in [9.17, 15) is 10.2 Å². The molecule has 0 radical (unpaired) electrons. The summed E-state index contributed by atoms with van der Waals surface area (Å²) in [5.41, 5.74) is 10.9. The Hall–Kier alpha value is -6.83. The van der Waals surface area contributed by atoms with Crippen molar-refractivity contribution in [3.8, 4) is 67.5 Å². The van der Waals surface area contributed by atoms with E-state index in [2.05, 4.69) is 262 Å². The molecule has 0 fully saturated rings. The first-order valence-electron chi connectivity index (χ1n) is 33.7. The summed E-state index contributed by atoms with van der Waals surface area (Å²) in [6, 6.07) is 49.3. The molecule has 97 heavy (non-hydrogen) atoms. The van der Waals surface area contributed by atoms with E-state index in [0.717, 1.165) is 78.2 Å². The van der Waals surface area contributed by atoms with Crippen molar-refractivity contribution >= 4 is 43.1 Å². The van der Waals surface area contributed by atoms with Crippen molar-refractivity contribution in [3.05, 3.63) is 213 Å². The van der Waals surface area contributed by atoms with Crippen molar-refractivity contribution in [2.75, 3.05) is 13.2 Å². The number of halogens is 2. The third-order valence-corrected chi connectivity index (χ3v) is 19.0. The van der Waals surface area contributed by atoms with Gasteiger partial charge in [0.25, 0.3) is 11.5 Å². The van der Waals surface area contributed by atoms with Crippen molar-refractivity contribution in [3.63, 3.8) is 0 Å². The van der Waals surface area contributed by atoms with E-state index in [1.165, 1.54) is 46.5 Å². The summed E-state index contributed by atoms with van der Waals surface area (Å²) in [5.74, 6) is 0.372. The molecule has 7 heteroatoms. The number of fused-ring (bicyclic) bond motifs is 4. The second-order valence-corrected chi connectivity index (χ2v) is 34.8. The van der Waals surface area contributed by atoms with Crippen LogP contribution in [0.15, 0.2) is 146 Å². The van der Waals surface area contributed by atoms with Gasteiger partial charge in [-0.05, 0) is 205 Å². The van der Waals surface area contributed by atoms with E-state index >= 15 is 8.78 Å². The number of aliphatic hydroxyl groups is 2. The molecular formula is C90H113F2HfO4-. The molecule has 516 valence electrons. The molecule has 0 aromatic heterocycles. The zero-order chi connectivity index (χ0) is 68.1. The molecule has 0 bridgehead atoms. The minimum atomic E-state index is -0.432. The molecule has 0 saturated carbocycles. The van der Waals surface area contributed by atoms with Crippen LogP contribution in [0.3, 0.4) is 0 Å². The van der Waals surface area contributed by atoms with Gasteiger partial charge in [0.15, 0.2) is 13.2 Å². The first kappa shape index (κ1) is 79.2. The van der Waals surface area contributed by atoms with Crippen LogP contribution >= 0.6 is 0 Å². The van der Waals surface area contributed by atoms with Crippen LogP contribution in [0.1, 0.15) is 205 Å². The van der Waals surface area contributed by atoms with Gasteiger partial charge in [-0.15, -0.1) is 0 Å². The van der Waals surface area contributed by atoms with Crippen LogP contribution < -0.4 is 0 Å². The fourth-order valence-electron chi connectivity index (χ4n) is 14.6. The van der Waals surface area contributed by atoms with Gasteiger partial charge in [0.05, 0.1) is 11.1 Å². The summed E-state index contributed by atoms with van der Waals surface area (Å²) in [6.45, 7) is 50.0. The Balaban J connectivity index is 0.00000372. The Labute approximate surface area is 601 Å². The van der Waals surface area contributed by atoms with E-state index in [0.29, 0.717) is 64.5 Å². The van der Waals surface area contributed by atoms with Gasteiger partial charge in [0.1, 0.15) is 29.6 Å². The Kier molecular flexibility index (Phi) is 23.2. The standard InChI is InChI=1S/C87H102F2O4.3CH3.Hf/c1-80(2,3)50-86(19,20)60-44-70(78(90)72(46-60)76-64-32-28-56(82(7,8)9)40-54(64)38-52-24-26-58(42-66(52)76)84(13,14)15)68-48-62(88)30-34-74(68)92-36-23-37-93-75-35-31-63(89)49-69(75)71-45-61(87(21,22)51-81(4,5)6)47-73(79(71)91)77-65-33-29-57(83(10,11)12)41-55(65)39-53-25-27-59(43-67(53)77)85(16,17)18;;;;/h24-35,38-49,90-91H,23,36-37,50-51H2,1-22H3;3*1H3;/q;3*-1;/p+2. The maximum atomic E-state index is 16.1.